The van der Waals surface area contributed by atoms with Crippen LogP contribution in [0.2, 0.25) is 0 Å². The van der Waals surface area contributed by atoms with Crippen molar-refractivity contribution < 1.29 is 14.6 Å². The normalized spacial score (nSPS) is 19.9. The number of carbonyl (C=O) groups is 1. The Bertz CT molecular complexity index is 307. The highest BCUT2D eigenvalue weighted by atomic mass is 16.6. The Kier molecular flexibility index (Phi) is 5.05. The zero-order chi connectivity index (χ0) is 13.8. The van der Waals surface area contributed by atoms with Gasteiger partial charge in [0.2, 0.25) is 0 Å². The van der Waals surface area contributed by atoms with E-state index >= 15 is 0 Å². The smallest absolute Gasteiger partial charge is 0.410 e. The molecule has 0 aromatic carbocycles. The number of nitrogens with zero attached hydrogens (tertiary/aromatic N) is 1. The lowest BCUT2D eigenvalue weighted by Gasteiger charge is -2.24. The van der Waals surface area contributed by atoms with Gasteiger partial charge in [-0.3, -0.25) is 0 Å². The molecule has 1 N–H and O–H groups in total. The molecule has 1 fully saturated rings. The van der Waals surface area contributed by atoms with E-state index in [2.05, 4.69) is 6.58 Å². The molecule has 1 atom stereocenters. The Hall–Kier alpha value is -1.19. The van der Waals surface area contributed by atoms with Gasteiger partial charge in [-0.25, -0.2) is 4.79 Å². The van der Waals surface area contributed by atoms with Crippen LogP contribution in [0.15, 0.2) is 12.3 Å². The first-order valence-corrected chi connectivity index (χ1v) is 6.62. The second-order valence-electron chi connectivity index (χ2n) is 6.04. The topological polar surface area (TPSA) is 49.8 Å². The molecule has 1 unspecified atom stereocenters. The predicted octanol–water partition coefficient (Wildman–Crippen LogP) is 3.49. The third-order valence-electron chi connectivity index (χ3n) is 3.02. The van der Waals surface area contributed by atoms with Crippen molar-refractivity contribution in [1.29, 1.82) is 0 Å². The van der Waals surface area contributed by atoms with Gasteiger partial charge in [0, 0.05) is 19.5 Å². The van der Waals surface area contributed by atoms with Crippen molar-refractivity contribution >= 4 is 6.09 Å². The first kappa shape index (κ1) is 14.9. The maximum Gasteiger partial charge on any atom is 0.410 e. The molecule has 0 spiro atoms. The second kappa shape index (κ2) is 6.12. The molecule has 0 aromatic rings. The Morgan fingerprint density at radius 2 is 2.17 bits per heavy atom. The summed E-state index contributed by atoms with van der Waals surface area (Å²) in [6, 6.07) is 0. The molecular formula is C14H25NO3. The van der Waals surface area contributed by atoms with Crippen LogP contribution in [0.3, 0.4) is 0 Å². The zero-order valence-electron chi connectivity index (χ0n) is 11.7. The summed E-state index contributed by atoms with van der Waals surface area (Å²) >= 11 is 0. The number of rotatable bonds is 4. The molecule has 0 aromatic heterocycles. The SMILES string of the molecule is C=C(O)CCCC1CCN(C(=O)OC(C)(C)C)C1. The van der Waals surface area contributed by atoms with Crippen molar-refractivity contribution in [3.05, 3.63) is 12.3 Å². The number of hydrogen-bond donors (Lipinski definition) is 1. The predicted molar refractivity (Wildman–Crippen MR) is 71.5 cm³/mol. The third kappa shape index (κ3) is 5.43. The summed E-state index contributed by atoms with van der Waals surface area (Å²) in [5, 5.41) is 9.02. The lowest BCUT2D eigenvalue weighted by molar-refractivity contribution is 0.0287. The van der Waals surface area contributed by atoms with Gasteiger partial charge in [0.1, 0.15) is 5.60 Å². The first-order valence-electron chi connectivity index (χ1n) is 6.62. The monoisotopic (exact) mass is 255 g/mol. The molecule has 0 bridgehead atoms. The van der Waals surface area contributed by atoms with Crippen LogP contribution in [-0.4, -0.2) is 34.8 Å². The average molecular weight is 255 g/mol. The minimum Gasteiger partial charge on any atom is -0.513 e. The number of ether oxygens (including phenoxy) is 1. The van der Waals surface area contributed by atoms with Gasteiger partial charge in [0.25, 0.3) is 0 Å². The maximum atomic E-state index is 11.8. The molecule has 4 nitrogen and oxygen atoms in total. The fraction of sp³-hybridized carbons (Fsp3) is 0.786. The maximum absolute atomic E-state index is 11.8. The summed E-state index contributed by atoms with van der Waals surface area (Å²) in [6.45, 7) is 10.7. The number of aliphatic hydroxyl groups is 1. The van der Waals surface area contributed by atoms with Crippen molar-refractivity contribution in [2.24, 2.45) is 5.92 Å². The van der Waals surface area contributed by atoms with Gasteiger partial charge >= 0.3 is 6.09 Å². The van der Waals surface area contributed by atoms with Crippen molar-refractivity contribution in [2.45, 2.75) is 52.1 Å². The molecule has 4 heteroatoms. The standard InChI is InChI=1S/C14H25NO3/c1-11(16)6-5-7-12-8-9-15(10-12)13(17)18-14(2,3)4/h12,16H,1,5-10H2,2-4H3. The molecule has 0 saturated carbocycles. The zero-order valence-corrected chi connectivity index (χ0v) is 11.7. The van der Waals surface area contributed by atoms with Crippen LogP contribution in [0.5, 0.6) is 0 Å². The van der Waals surface area contributed by atoms with E-state index in [1.165, 1.54) is 0 Å². The largest absolute Gasteiger partial charge is 0.513 e. The highest BCUT2D eigenvalue weighted by Crippen LogP contribution is 2.24. The van der Waals surface area contributed by atoms with Crippen LogP contribution in [0.1, 0.15) is 46.5 Å². The first-order chi connectivity index (χ1) is 8.28. The highest BCUT2D eigenvalue weighted by Gasteiger charge is 2.29. The molecule has 0 aliphatic carbocycles. The summed E-state index contributed by atoms with van der Waals surface area (Å²) in [5.41, 5.74) is -0.427. The van der Waals surface area contributed by atoms with Crippen LogP contribution in [-0.2, 0) is 4.74 Å². The summed E-state index contributed by atoms with van der Waals surface area (Å²) in [4.78, 5) is 13.6. The molecular weight excluding hydrogens is 230 g/mol. The molecule has 1 heterocycles. The van der Waals surface area contributed by atoms with E-state index in [9.17, 15) is 4.79 Å². The van der Waals surface area contributed by atoms with Crippen LogP contribution in [0.4, 0.5) is 4.79 Å². The molecule has 0 radical (unpaired) electrons. The molecule has 1 rings (SSSR count). The summed E-state index contributed by atoms with van der Waals surface area (Å²) in [5.74, 6) is 0.772. The Morgan fingerprint density at radius 1 is 1.50 bits per heavy atom. The molecule has 18 heavy (non-hydrogen) atoms. The van der Waals surface area contributed by atoms with Crippen LogP contribution >= 0.6 is 0 Å². The molecule has 104 valence electrons. The van der Waals surface area contributed by atoms with Gasteiger partial charge in [-0.2, -0.15) is 0 Å². The minimum atomic E-state index is -0.427. The molecule has 1 aliphatic heterocycles. The van der Waals surface area contributed by atoms with Gasteiger partial charge in [0.05, 0.1) is 5.76 Å². The van der Waals surface area contributed by atoms with E-state index in [-0.39, 0.29) is 11.9 Å². The average Bonchev–Trinajstić information content (AvgIpc) is 2.63. The fourth-order valence-corrected chi connectivity index (χ4v) is 2.16. The Balaban J connectivity index is 2.28. The Labute approximate surface area is 110 Å². The minimum absolute atomic E-state index is 0.212. The third-order valence-corrected chi connectivity index (χ3v) is 3.02. The van der Waals surface area contributed by atoms with Gasteiger partial charge in [-0.1, -0.05) is 6.58 Å². The van der Waals surface area contributed by atoms with Gasteiger partial charge in [-0.15, -0.1) is 0 Å². The lowest BCUT2D eigenvalue weighted by atomic mass is 10.0. The van der Waals surface area contributed by atoms with Crippen molar-refractivity contribution in [3.63, 3.8) is 0 Å². The number of amides is 1. The van der Waals surface area contributed by atoms with E-state index in [4.69, 9.17) is 9.84 Å². The fourth-order valence-electron chi connectivity index (χ4n) is 2.16. The van der Waals surface area contributed by atoms with E-state index in [0.29, 0.717) is 12.3 Å². The number of carbonyl (C=O) groups excluding carboxylic acids is 1. The van der Waals surface area contributed by atoms with Gasteiger partial charge < -0.3 is 14.7 Å². The molecule has 1 saturated heterocycles. The summed E-state index contributed by atoms with van der Waals surface area (Å²) < 4.78 is 5.35. The molecule has 1 amide bonds. The van der Waals surface area contributed by atoms with Crippen molar-refractivity contribution in [1.82, 2.24) is 4.90 Å². The lowest BCUT2D eigenvalue weighted by Crippen LogP contribution is -2.35. The van der Waals surface area contributed by atoms with Gasteiger partial charge in [0.15, 0.2) is 0 Å². The number of allylic oxidation sites excluding steroid dienone is 1. The summed E-state index contributed by atoms with van der Waals surface area (Å²) in [6.07, 6.45) is 3.43. The van der Waals surface area contributed by atoms with E-state index < -0.39 is 5.60 Å². The number of likely N-dealkylation sites (tertiary alicyclic amines) is 1. The number of aliphatic hydroxyl groups excluding tert-OH is 1. The number of hydrogen-bond acceptors (Lipinski definition) is 3. The second-order valence-corrected chi connectivity index (χ2v) is 6.04. The van der Waals surface area contributed by atoms with Crippen LogP contribution < -0.4 is 0 Å². The van der Waals surface area contributed by atoms with Gasteiger partial charge in [-0.05, 0) is 46.0 Å². The van der Waals surface area contributed by atoms with Crippen LogP contribution in [0.25, 0.3) is 0 Å². The van der Waals surface area contributed by atoms with E-state index in [1.807, 2.05) is 20.8 Å². The molecule has 1 aliphatic rings. The quantitative estimate of drug-likeness (QED) is 0.782. The van der Waals surface area contributed by atoms with E-state index in [0.717, 1.165) is 32.4 Å². The van der Waals surface area contributed by atoms with Crippen LogP contribution in [0, 0.1) is 5.92 Å². The van der Waals surface area contributed by atoms with E-state index in [1.54, 1.807) is 4.90 Å². The van der Waals surface area contributed by atoms with Crippen molar-refractivity contribution in [2.75, 3.05) is 13.1 Å². The summed E-state index contributed by atoms with van der Waals surface area (Å²) in [7, 11) is 0. The van der Waals surface area contributed by atoms with Crippen molar-refractivity contribution in [3.8, 4) is 0 Å². The Morgan fingerprint density at radius 3 is 2.72 bits per heavy atom. The highest BCUT2D eigenvalue weighted by molar-refractivity contribution is 5.68.